The lowest BCUT2D eigenvalue weighted by atomic mass is 10.1. The summed E-state index contributed by atoms with van der Waals surface area (Å²) in [5.41, 5.74) is 5.67. The van der Waals surface area contributed by atoms with Crippen LogP contribution in [-0.4, -0.2) is 23.5 Å². The van der Waals surface area contributed by atoms with Crippen LogP contribution in [0.5, 0.6) is 0 Å². The van der Waals surface area contributed by atoms with Crippen LogP contribution in [0.4, 0.5) is 10.5 Å². The highest BCUT2D eigenvalue weighted by Crippen LogP contribution is 2.13. The van der Waals surface area contributed by atoms with Crippen molar-refractivity contribution in [2.24, 2.45) is 0 Å². The number of carbonyl (C=O) groups is 3. The molecule has 0 unspecified atom stereocenters. The third-order valence-electron chi connectivity index (χ3n) is 3.39. The molecule has 148 valence electrons. The fourth-order valence-electron chi connectivity index (χ4n) is 2.16. The lowest BCUT2D eigenvalue weighted by molar-refractivity contribution is -0.121. The van der Waals surface area contributed by atoms with Crippen molar-refractivity contribution >= 4 is 35.2 Å². The van der Waals surface area contributed by atoms with Gasteiger partial charge >= 0.3 is 6.09 Å². The van der Waals surface area contributed by atoms with Crippen LogP contribution in [0.15, 0.2) is 48.5 Å². The number of hydrogen-bond acceptors (Lipinski definition) is 4. The lowest BCUT2D eigenvalue weighted by Gasteiger charge is -2.19. The second-order valence-corrected chi connectivity index (χ2v) is 7.45. The first-order valence-corrected chi connectivity index (χ1v) is 8.94. The molecule has 2 rings (SSSR count). The van der Waals surface area contributed by atoms with Crippen LogP contribution in [0.2, 0.25) is 5.02 Å². The Labute approximate surface area is 168 Å². The van der Waals surface area contributed by atoms with Crippen LogP contribution in [0.3, 0.4) is 0 Å². The molecule has 0 saturated carbocycles. The van der Waals surface area contributed by atoms with Gasteiger partial charge in [0.1, 0.15) is 5.60 Å². The van der Waals surface area contributed by atoms with Gasteiger partial charge in [-0.1, -0.05) is 23.7 Å². The Morgan fingerprint density at radius 2 is 1.54 bits per heavy atom. The first kappa shape index (κ1) is 21.2. The van der Waals surface area contributed by atoms with E-state index in [1.54, 1.807) is 57.2 Å². The minimum absolute atomic E-state index is 0.107. The maximum atomic E-state index is 12.1. The molecule has 0 spiro atoms. The molecule has 0 fully saturated rings. The number of nitrogens with one attached hydrogen (secondary N) is 3. The smallest absolute Gasteiger partial charge is 0.412 e. The Morgan fingerprint density at radius 3 is 2.11 bits per heavy atom. The van der Waals surface area contributed by atoms with Crippen molar-refractivity contribution in [3.05, 3.63) is 64.7 Å². The molecular weight excluding hydrogens is 382 g/mol. The quantitative estimate of drug-likeness (QED) is 0.678. The number of halogens is 1. The van der Waals surface area contributed by atoms with Gasteiger partial charge in [0.25, 0.3) is 5.91 Å². The SMILES string of the molecule is CC(C)(C)OC(=O)Nc1ccc(C(=O)NNC(=O)Cc2ccc(Cl)cc2)cc1. The van der Waals surface area contributed by atoms with Crippen molar-refractivity contribution in [1.82, 2.24) is 10.9 Å². The molecule has 8 heteroatoms. The summed E-state index contributed by atoms with van der Waals surface area (Å²) in [4.78, 5) is 35.7. The number of benzene rings is 2. The molecule has 0 aliphatic heterocycles. The van der Waals surface area contributed by atoms with Crippen molar-refractivity contribution < 1.29 is 19.1 Å². The first-order valence-electron chi connectivity index (χ1n) is 8.56. The van der Waals surface area contributed by atoms with Crippen molar-refractivity contribution in [2.45, 2.75) is 32.8 Å². The Morgan fingerprint density at radius 1 is 0.929 bits per heavy atom. The lowest BCUT2D eigenvalue weighted by Crippen LogP contribution is -2.42. The minimum Gasteiger partial charge on any atom is -0.444 e. The highest BCUT2D eigenvalue weighted by atomic mass is 35.5. The van der Waals surface area contributed by atoms with E-state index in [4.69, 9.17) is 16.3 Å². The van der Waals surface area contributed by atoms with E-state index in [1.807, 2.05) is 0 Å². The number of amides is 3. The predicted molar refractivity (Wildman–Crippen MR) is 107 cm³/mol. The second kappa shape index (κ2) is 9.23. The number of ether oxygens (including phenoxy) is 1. The van der Waals surface area contributed by atoms with E-state index in [9.17, 15) is 14.4 Å². The van der Waals surface area contributed by atoms with E-state index < -0.39 is 17.6 Å². The molecule has 2 aromatic rings. The van der Waals surface area contributed by atoms with Crippen LogP contribution in [0, 0.1) is 0 Å². The topological polar surface area (TPSA) is 96.5 Å². The maximum Gasteiger partial charge on any atom is 0.412 e. The minimum atomic E-state index is -0.603. The molecular formula is C20H22ClN3O4. The monoisotopic (exact) mass is 403 g/mol. The number of hydrazine groups is 1. The van der Waals surface area contributed by atoms with Gasteiger partial charge in [-0.3, -0.25) is 25.8 Å². The van der Waals surface area contributed by atoms with Gasteiger partial charge in [0.05, 0.1) is 6.42 Å². The van der Waals surface area contributed by atoms with Crippen molar-refractivity contribution in [3.63, 3.8) is 0 Å². The zero-order valence-corrected chi connectivity index (χ0v) is 16.6. The Hall–Kier alpha value is -3.06. The van der Waals surface area contributed by atoms with E-state index in [0.717, 1.165) is 5.56 Å². The summed E-state index contributed by atoms with van der Waals surface area (Å²) in [5, 5.41) is 3.16. The largest absolute Gasteiger partial charge is 0.444 e. The number of rotatable bonds is 4. The molecule has 0 radical (unpaired) electrons. The first-order chi connectivity index (χ1) is 13.1. The number of carbonyl (C=O) groups excluding carboxylic acids is 3. The second-order valence-electron chi connectivity index (χ2n) is 7.01. The molecule has 7 nitrogen and oxygen atoms in total. The van der Waals surface area contributed by atoms with E-state index in [0.29, 0.717) is 16.3 Å². The number of hydrogen-bond donors (Lipinski definition) is 3. The zero-order valence-electron chi connectivity index (χ0n) is 15.8. The van der Waals surface area contributed by atoms with Gasteiger partial charge in [0.2, 0.25) is 5.91 Å². The van der Waals surface area contributed by atoms with E-state index in [2.05, 4.69) is 16.2 Å². The van der Waals surface area contributed by atoms with Gasteiger partial charge in [-0.2, -0.15) is 0 Å². The highest BCUT2D eigenvalue weighted by molar-refractivity contribution is 6.30. The number of anilines is 1. The predicted octanol–water partition coefficient (Wildman–Crippen LogP) is 3.69. The van der Waals surface area contributed by atoms with E-state index in [-0.39, 0.29) is 12.3 Å². The van der Waals surface area contributed by atoms with Crippen molar-refractivity contribution in [3.8, 4) is 0 Å². The van der Waals surface area contributed by atoms with Crippen LogP contribution in [0.25, 0.3) is 0 Å². The van der Waals surface area contributed by atoms with Crippen LogP contribution < -0.4 is 16.2 Å². The third kappa shape index (κ3) is 7.28. The third-order valence-corrected chi connectivity index (χ3v) is 3.64. The van der Waals surface area contributed by atoms with Gasteiger partial charge in [-0.25, -0.2) is 4.79 Å². The summed E-state index contributed by atoms with van der Waals surface area (Å²) in [6, 6.07) is 13.0. The summed E-state index contributed by atoms with van der Waals surface area (Å²) in [6.45, 7) is 5.30. The van der Waals surface area contributed by atoms with Crippen molar-refractivity contribution in [2.75, 3.05) is 5.32 Å². The molecule has 0 heterocycles. The summed E-state index contributed by atoms with van der Waals surface area (Å²) in [5.74, 6) is -0.841. The van der Waals surface area contributed by atoms with Gasteiger partial charge in [-0.05, 0) is 62.7 Å². The average molecular weight is 404 g/mol. The van der Waals surface area contributed by atoms with E-state index >= 15 is 0 Å². The van der Waals surface area contributed by atoms with E-state index in [1.165, 1.54) is 12.1 Å². The summed E-state index contributed by atoms with van der Waals surface area (Å²) in [6.07, 6.45) is -0.477. The van der Waals surface area contributed by atoms with Crippen LogP contribution in [0.1, 0.15) is 36.7 Å². The normalized spacial score (nSPS) is 10.7. The van der Waals surface area contributed by atoms with Crippen LogP contribution in [-0.2, 0) is 16.0 Å². The molecule has 0 aromatic heterocycles. The van der Waals surface area contributed by atoms with Crippen LogP contribution >= 0.6 is 11.6 Å². The summed E-state index contributed by atoms with van der Waals surface area (Å²) < 4.78 is 5.16. The summed E-state index contributed by atoms with van der Waals surface area (Å²) >= 11 is 5.80. The van der Waals surface area contributed by atoms with Crippen molar-refractivity contribution in [1.29, 1.82) is 0 Å². The molecule has 0 saturated heterocycles. The maximum absolute atomic E-state index is 12.1. The fraction of sp³-hybridized carbons (Fsp3) is 0.250. The van der Waals surface area contributed by atoms with Gasteiger partial charge in [0, 0.05) is 16.3 Å². The molecule has 0 bridgehead atoms. The standard InChI is InChI=1S/C20H22ClN3O4/c1-20(2,3)28-19(27)22-16-10-6-14(7-11-16)18(26)24-23-17(25)12-13-4-8-15(21)9-5-13/h4-11H,12H2,1-3H3,(H,22,27)(H,23,25)(H,24,26). The molecule has 28 heavy (non-hydrogen) atoms. The Kier molecular flexibility index (Phi) is 7.00. The highest BCUT2D eigenvalue weighted by Gasteiger charge is 2.16. The summed E-state index contributed by atoms with van der Waals surface area (Å²) in [7, 11) is 0. The molecule has 3 amide bonds. The molecule has 0 atom stereocenters. The Balaban J connectivity index is 1.83. The van der Waals surface area contributed by atoms with Gasteiger partial charge in [0.15, 0.2) is 0 Å². The zero-order chi connectivity index (χ0) is 20.7. The molecule has 2 aromatic carbocycles. The van der Waals surface area contributed by atoms with Gasteiger partial charge < -0.3 is 4.74 Å². The molecule has 0 aliphatic carbocycles. The van der Waals surface area contributed by atoms with Gasteiger partial charge in [-0.15, -0.1) is 0 Å². The Bertz CT molecular complexity index is 843. The molecule has 0 aliphatic rings. The average Bonchev–Trinajstić information content (AvgIpc) is 2.60. The molecule has 3 N–H and O–H groups in total. The fourth-order valence-corrected chi connectivity index (χ4v) is 2.28.